The molecule has 0 spiro atoms. The van der Waals surface area contributed by atoms with Crippen LogP contribution >= 0.6 is 0 Å². The van der Waals surface area contributed by atoms with E-state index in [2.05, 4.69) is 30.6 Å². The van der Waals surface area contributed by atoms with Crippen molar-refractivity contribution >= 4 is 22.7 Å². The largest absolute Gasteiger partial charge is 0.324 e. The molecule has 7 nitrogen and oxygen atoms in total. The molecule has 0 saturated carbocycles. The van der Waals surface area contributed by atoms with Crippen molar-refractivity contribution in [1.29, 1.82) is 0 Å². The molecule has 1 aliphatic rings. The van der Waals surface area contributed by atoms with Gasteiger partial charge < -0.3 is 16.4 Å². The minimum atomic E-state index is -0.662. The number of hydrogen-bond donors (Lipinski definition) is 3. The highest BCUT2D eigenvalue weighted by Gasteiger charge is 2.17. The van der Waals surface area contributed by atoms with E-state index in [-0.39, 0.29) is 28.8 Å². The molecule has 0 amide bonds. The van der Waals surface area contributed by atoms with Crippen molar-refractivity contribution in [2.45, 2.75) is 31.7 Å². The standard InChI is InChI=1S/C25H25F2N7/c1-14(28)18-6-9-30-24-19(18)10-17(11-20(24)26)23-21(27)13-32-25(34-23)33-22-3-2-16(12-31-22)15-4-7-29-8-5-15/h2-3,6,9-15,29H,4-5,7-8,28H2,1H3,(H,31,32,33,34). The summed E-state index contributed by atoms with van der Waals surface area (Å²) in [6, 6.07) is 8.18. The van der Waals surface area contributed by atoms with Crippen molar-refractivity contribution < 1.29 is 8.78 Å². The summed E-state index contributed by atoms with van der Waals surface area (Å²) >= 11 is 0. The third kappa shape index (κ3) is 4.44. The Morgan fingerprint density at radius 3 is 2.59 bits per heavy atom. The van der Waals surface area contributed by atoms with E-state index in [1.165, 1.54) is 17.8 Å². The molecule has 5 rings (SSSR count). The normalized spacial score (nSPS) is 15.4. The SMILES string of the molecule is CC(N)c1ccnc2c(F)cc(-c3nc(Nc4ccc(C5CCNCC5)cn4)ncc3F)cc12. The van der Waals surface area contributed by atoms with E-state index in [0.29, 0.717) is 17.1 Å². The average Bonchev–Trinajstić information content (AvgIpc) is 2.86. The Hall–Kier alpha value is -3.56. The van der Waals surface area contributed by atoms with Crippen molar-refractivity contribution in [1.82, 2.24) is 25.3 Å². The molecule has 4 N–H and O–H groups in total. The van der Waals surface area contributed by atoms with E-state index in [4.69, 9.17) is 5.73 Å². The van der Waals surface area contributed by atoms with Crippen LogP contribution in [0.5, 0.6) is 0 Å². The topological polar surface area (TPSA) is 102 Å². The van der Waals surface area contributed by atoms with Gasteiger partial charge in [0.1, 0.15) is 22.8 Å². The van der Waals surface area contributed by atoms with Gasteiger partial charge in [0, 0.05) is 29.4 Å². The number of anilines is 2. The van der Waals surface area contributed by atoms with Crippen molar-refractivity contribution in [3.8, 4) is 11.3 Å². The van der Waals surface area contributed by atoms with Gasteiger partial charge in [0.15, 0.2) is 5.82 Å². The summed E-state index contributed by atoms with van der Waals surface area (Å²) in [5.74, 6) is -0.0293. The minimum absolute atomic E-state index is 0.0240. The van der Waals surface area contributed by atoms with Crippen LogP contribution in [0, 0.1) is 11.6 Å². The Morgan fingerprint density at radius 1 is 1.03 bits per heavy atom. The first kappa shape index (κ1) is 22.2. The van der Waals surface area contributed by atoms with Crippen LogP contribution in [0.1, 0.15) is 42.9 Å². The van der Waals surface area contributed by atoms with Crippen LogP contribution in [0.25, 0.3) is 22.2 Å². The lowest BCUT2D eigenvalue weighted by Crippen LogP contribution is -2.26. The van der Waals surface area contributed by atoms with Gasteiger partial charge in [-0.3, -0.25) is 4.98 Å². The van der Waals surface area contributed by atoms with Crippen molar-refractivity contribution in [3.05, 3.63) is 71.7 Å². The molecule has 1 fully saturated rings. The zero-order chi connectivity index (χ0) is 23.7. The lowest BCUT2D eigenvalue weighted by Gasteiger charge is -2.22. The zero-order valence-electron chi connectivity index (χ0n) is 18.7. The highest BCUT2D eigenvalue weighted by molar-refractivity contribution is 5.87. The third-order valence-corrected chi connectivity index (χ3v) is 6.18. The molecule has 9 heteroatoms. The van der Waals surface area contributed by atoms with Crippen LogP contribution < -0.4 is 16.4 Å². The summed E-state index contributed by atoms with van der Waals surface area (Å²) in [7, 11) is 0. The first-order valence-corrected chi connectivity index (χ1v) is 11.3. The molecule has 1 atom stereocenters. The van der Waals surface area contributed by atoms with Gasteiger partial charge in [-0.2, -0.15) is 0 Å². The number of piperidine rings is 1. The highest BCUT2D eigenvalue weighted by Crippen LogP contribution is 2.31. The summed E-state index contributed by atoms with van der Waals surface area (Å²) < 4.78 is 29.6. The summed E-state index contributed by atoms with van der Waals surface area (Å²) in [4.78, 5) is 16.9. The number of aromatic nitrogens is 4. The van der Waals surface area contributed by atoms with E-state index in [0.717, 1.165) is 37.7 Å². The van der Waals surface area contributed by atoms with Gasteiger partial charge in [-0.1, -0.05) is 6.07 Å². The number of benzene rings is 1. The summed E-state index contributed by atoms with van der Waals surface area (Å²) in [5, 5.41) is 6.90. The maximum atomic E-state index is 14.8. The van der Waals surface area contributed by atoms with Gasteiger partial charge in [0.05, 0.1) is 6.20 Å². The van der Waals surface area contributed by atoms with Crippen LogP contribution in [0.3, 0.4) is 0 Å². The number of rotatable bonds is 5. The van der Waals surface area contributed by atoms with Crippen molar-refractivity contribution in [2.24, 2.45) is 5.73 Å². The maximum Gasteiger partial charge on any atom is 0.229 e. The molecule has 4 aromatic rings. The molecule has 0 radical (unpaired) electrons. The number of pyridine rings is 2. The summed E-state index contributed by atoms with van der Waals surface area (Å²) in [6.07, 6.45) is 6.60. The number of nitrogens with zero attached hydrogens (tertiary/aromatic N) is 4. The molecule has 1 aromatic carbocycles. The summed E-state index contributed by atoms with van der Waals surface area (Å²) in [5.41, 5.74) is 8.39. The van der Waals surface area contributed by atoms with Crippen LogP contribution in [0.2, 0.25) is 0 Å². The van der Waals surface area contributed by atoms with Gasteiger partial charge in [0.2, 0.25) is 5.95 Å². The molecule has 174 valence electrons. The number of halogens is 2. The number of hydrogen-bond acceptors (Lipinski definition) is 7. The molecule has 4 heterocycles. The molecule has 3 aromatic heterocycles. The van der Waals surface area contributed by atoms with E-state index < -0.39 is 11.6 Å². The molecule has 1 aliphatic heterocycles. The van der Waals surface area contributed by atoms with Gasteiger partial charge in [-0.05, 0) is 74.2 Å². The van der Waals surface area contributed by atoms with E-state index in [9.17, 15) is 8.78 Å². The molecular formula is C25H25F2N7. The second-order valence-electron chi connectivity index (χ2n) is 8.56. The molecular weight excluding hydrogens is 436 g/mol. The molecule has 1 saturated heterocycles. The van der Waals surface area contributed by atoms with Gasteiger partial charge >= 0.3 is 0 Å². The second-order valence-corrected chi connectivity index (χ2v) is 8.56. The van der Waals surface area contributed by atoms with Crippen LogP contribution in [-0.4, -0.2) is 33.0 Å². The predicted octanol–water partition coefficient (Wildman–Crippen LogP) is 4.60. The van der Waals surface area contributed by atoms with Crippen molar-refractivity contribution in [3.63, 3.8) is 0 Å². The van der Waals surface area contributed by atoms with E-state index in [1.807, 2.05) is 18.3 Å². The smallest absolute Gasteiger partial charge is 0.229 e. The molecule has 0 bridgehead atoms. The van der Waals surface area contributed by atoms with Gasteiger partial charge in [0.25, 0.3) is 0 Å². The fourth-order valence-corrected chi connectivity index (χ4v) is 4.39. The first-order chi connectivity index (χ1) is 16.5. The van der Waals surface area contributed by atoms with Crippen LogP contribution in [0.15, 0.2) is 48.9 Å². The lowest BCUT2D eigenvalue weighted by atomic mass is 9.91. The zero-order valence-corrected chi connectivity index (χ0v) is 18.7. The van der Waals surface area contributed by atoms with Gasteiger partial charge in [-0.15, -0.1) is 0 Å². The Labute approximate surface area is 195 Å². The molecule has 0 aliphatic carbocycles. The first-order valence-electron chi connectivity index (χ1n) is 11.3. The Balaban J connectivity index is 1.45. The molecule has 1 unspecified atom stereocenters. The van der Waals surface area contributed by atoms with Gasteiger partial charge in [-0.25, -0.2) is 23.7 Å². The highest BCUT2D eigenvalue weighted by atomic mass is 19.1. The third-order valence-electron chi connectivity index (χ3n) is 6.18. The predicted molar refractivity (Wildman–Crippen MR) is 128 cm³/mol. The van der Waals surface area contributed by atoms with Crippen LogP contribution in [-0.2, 0) is 0 Å². The van der Waals surface area contributed by atoms with E-state index >= 15 is 0 Å². The van der Waals surface area contributed by atoms with E-state index in [1.54, 1.807) is 19.1 Å². The fraction of sp³-hybridized carbons (Fsp3) is 0.280. The Kier molecular flexibility index (Phi) is 6.12. The quantitative estimate of drug-likeness (QED) is 0.399. The lowest BCUT2D eigenvalue weighted by molar-refractivity contribution is 0.459. The Bertz CT molecular complexity index is 1320. The van der Waals surface area contributed by atoms with Crippen LogP contribution in [0.4, 0.5) is 20.5 Å². The van der Waals surface area contributed by atoms with Crippen molar-refractivity contribution in [2.75, 3.05) is 18.4 Å². The number of nitrogens with one attached hydrogen (secondary N) is 2. The summed E-state index contributed by atoms with van der Waals surface area (Å²) in [6.45, 7) is 3.82. The average molecular weight is 462 g/mol. The molecule has 34 heavy (non-hydrogen) atoms. The number of nitrogens with two attached hydrogens (primary N) is 1. The maximum absolute atomic E-state index is 14.8. The fourth-order valence-electron chi connectivity index (χ4n) is 4.39. The number of fused-ring (bicyclic) bond motifs is 1. The Morgan fingerprint density at radius 2 is 1.85 bits per heavy atom. The second kappa shape index (κ2) is 9.36. The monoisotopic (exact) mass is 461 g/mol. The minimum Gasteiger partial charge on any atom is -0.324 e.